The number of aromatic carboxylic acids is 1. The van der Waals surface area contributed by atoms with E-state index in [4.69, 9.17) is 4.74 Å². The lowest BCUT2D eigenvalue weighted by Gasteiger charge is -2.39. The fourth-order valence-electron chi connectivity index (χ4n) is 8.12. The molecule has 3 aromatic rings. The highest BCUT2D eigenvalue weighted by Crippen LogP contribution is 2.48. The lowest BCUT2D eigenvalue weighted by molar-refractivity contribution is 0.0696. The van der Waals surface area contributed by atoms with Gasteiger partial charge in [-0.05, 0) is 79.3 Å². The molecule has 0 amide bonds. The highest BCUT2D eigenvalue weighted by atomic mass is 16.5. The number of hydrogen-bond donors (Lipinski definition) is 1. The van der Waals surface area contributed by atoms with E-state index in [2.05, 4.69) is 47.6 Å². The molecule has 204 valence electrons. The first-order valence-electron chi connectivity index (χ1n) is 15.3. The number of benzene rings is 3. The van der Waals surface area contributed by atoms with Crippen LogP contribution in [0.3, 0.4) is 0 Å². The average Bonchev–Trinajstić information content (AvgIpc) is 2.97. The molecule has 0 saturated heterocycles. The van der Waals surface area contributed by atoms with Crippen molar-refractivity contribution in [2.75, 3.05) is 31.1 Å². The van der Waals surface area contributed by atoms with Crippen LogP contribution in [0.5, 0.6) is 11.5 Å². The van der Waals surface area contributed by atoms with Gasteiger partial charge in [-0.3, -0.25) is 0 Å². The lowest BCUT2D eigenvalue weighted by atomic mass is 9.81. The quantitative estimate of drug-likeness (QED) is 0.379. The van der Waals surface area contributed by atoms with Gasteiger partial charge in [0.25, 0.3) is 0 Å². The molecule has 8 rings (SSSR count). The molecule has 3 aromatic carbocycles. The Hall–Kier alpha value is -3.60. The number of carbonyl (C=O) groups is 1. The van der Waals surface area contributed by atoms with Crippen LogP contribution in [0.4, 0.5) is 5.69 Å². The van der Waals surface area contributed by atoms with Gasteiger partial charge in [-0.2, -0.15) is 0 Å². The molecular weight excluding hydrogens is 496 g/mol. The minimum atomic E-state index is -0.865. The Bertz CT molecular complexity index is 1740. The van der Waals surface area contributed by atoms with Gasteiger partial charge in [-0.15, -0.1) is 0 Å². The molecule has 0 radical (unpaired) electrons. The molecule has 40 heavy (non-hydrogen) atoms. The summed E-state index contributed by atoms with van der Waals surface area (Å²) in [4.78, 5) is 15.4. The maximum atomic E-state index is 12.8. The Morgan fingerprint density at radius 2 is 1.62 bits per heavy atom. The van der Waals surface area contributed by atoms with E-state index in [1.54, 1.807) is 0 Å². The largest absolute Gasteiger partial charge is 0.478 e. The Kier molecular flexibility index (Phi) is 5.42. The van der Waals surface area contributed by atoms with Crippen LogP contribution in [0, 0.1) is 0 Å². The van der Waals surface area contributed by atoms with Crippen LogP contribution in [0.25, 0.3) is 5.57 Å². The maximum Gasteiger partial charge on any atom is 0.336 e. The lowest BCUT2D eigenvalue weighted by Crippen LogP contribution is -2.45. The van der Waals surface area contributed by atoms with E-state index in [9.17, 15) is 9.90 Å². The second-order valence-corrected chi connectivity index (χ2v) is 12.6. The van der Waals surface area contributed by atoms with E-state index in [1.807, 2.05) is 6.07 Å². The van der Waals surface area contributed by atoms with Crippen molar-refractivity contribution in [1.29, 1.82) is 0 Å². The zero-order valence-corrected chi connectivity index (χ0v) is 23.6. The number of aryl methyl sites for hydroxylation is 2. The molecule has 5 aliphatic heterocycles. The van der Waals surface area contributed by atoms with Gasteiger partial charge < -0.3 is 14.7 Å². The molecule has 5 aliphatic rings. The number of ether oxygens (including phenoxy) is 1. The van der Waals surface area contributed by atoms with Crippen LogP contribution in [0.2, 0.25) is 0 Å². The summed E-state index contributed by atoms with van der Waals surface area (Å²) in [5.41, 5.74) is 11.2. The Balaban J connectivity index is 1.52. The van der Waals surface area contributed by atoms with Crippen LogP contribution in [-0.4, -0.2) is 37.3 Å². The van der Waals surface area contributed by atoms with Crippen molar-refractivity contribution in [2.24, 2.45) is 0 Å². The molecule has 0 saturated carbocycles. The number of anilines is 1. The maximum absolute atomic E-state index is 12.8. The highest BCUT2D eigenvalue weighted by Gasteiger charge is 2.36. The molecule has 0 aromatic heterocycles. The number of hydrogen-bond acceptors (Lipinski definition) is 3. The highest BCUT2D eigenvalue weighted by molar-refractivity contribution is 5.99. The van der Waals surface area contributed by atoms with Crippen molar-refractivity contribution in [1.82, 2.24) is 4.58 Å². The van der Waals surface area contributed by atoms with Crippen LogP contribution in [0.15, 0.2) is 30.3 Å². The predicted octanol–water partition coefficient (Wildman–Crippen LogP) is 4.94. The summed E-state index contributed by atoms with van der Waals surface area (Å²) in [6, 6.07) is 10.8. The summed E-state index contributed by atoms with van der Waals surface area (Å²) < 4.78 is 9.68. The zero-order chi connectivity index (χ0) is 27.1. The minimum absolute atomic E-state index is 0.260. The molecule has 5 heterocycles. The van der Waals surface area contributed by atoms with Crippen molar-refractivity contribution >= 4 is 17.2 Å². The van der Waals surface area contributed by atoms with Crippen molar-refractivity contribution < 1.29 is 14.6 Å². The van der Waals surface area contributed by atoms with Crippen molar-refractivity contribution in [3.8, 4) is 11.5 Å². The second kappa shape index (κ2) is 8.95. The summed E-state index contributed by atoms with van der Waals surface area (Å²) in [5, 5.41) is 13.0. The molecule has 0 unspecified atom stereocenters. The molecule has 0 fully saturated rings. The fourth-order valence-corrected chi connectivity index (χ4v) is 8.12. The van der Waals surface area contributed by atoms with Crippen LogP contribution >= 0.6 is 0 Å². The predicted molar refractivity (Wildman–Crippen MR) is 158 cm³/mol. The third-order valence-electron chi connectivity index (χ3n) is 9.90. The Morgan fingerprint density at radius 1 is 0.875 bits per heavy atom. The summed E-state index contributed by atoms with van der Waals surface area (Å²) >= 11 is 0. The van der Waals surface area contributed by atoms with Gasteiger partial charge in [0, 0.05) is 59.1 Å². The van der Waals surface area contributed by atoms with Crippen molar-refractivity contribution in [2.45, 2.75) is 71.1 Å². The third-order valence-corrected chi connectivity index (χ3v) is 9.90. The van der Waals surface area contributed by atoms with E-state index < -0.39 is 5.97 Å². The normalized spacial score (nSPS) is 18.5. The summed E-state index contributed by atoms with van der Waals surface area (Å²) in [5.74, 6) is 1.34. The monoisotopic (exact) mass is 533 g/mol. The molecule has 5 heteroatoms. The van der Waals surface area contributed by atoms with E-state index >= 15 is 0 Å². The first-order chi connectivity index (χ1) is 19.5. The minimum Gasteiger partial charge on any atom is -0.478 e. The van der Waals surface area contributed by atoms with Crippen LogP contribution < -0.4 is 24.8 Å². The number of rotatable bonds is 3. The molecule has 0 atom stereocenters. The Morgan fingerprint density at radius 3 is 2.42 bits per heavy atom. The molecule has 0 bridgehead atoms. The smallest absolute Gasteiger partial charge is 0.336 e. The van der Waals surface area contributed by atoms with Crippen LogP contribution in [-0.2, 0) is 25.7 Å². The van der Waals surface area contributed by atoms with Gasteiger partial charge in [0.05, 0.1) is 11.1 Å². The Labute approximate surface area is 235 Å². The molecule has 1 N–H and O–H groups in total. The van der Waals surface area contributed by atoms with Gasteiger partial charge in [-0.25, -0.2) is 9.37 Å². The summed E-state index contributed by atoms with van der Waals surface area (Å²) in [6.07, 6.45) is 8.73. The third kappa shape index (κ3) is 3.45. The SMILES string of the molecule is CC(C)c1ccc(C2=c3cc4c5c(c3Oc3c2cc2c6c3CCCN6CCC2)CCC[N+]=5CCC4)c(C(=O)O)c1. The van der Waals surface area contributed by atoms with Gasteiger partial charge in [0.1, 0.15) is 24.6 Å². The number of nitrogens with zero attached hydrogens (tertiary/aromatic N) is 2. The van der Waals surface area contributed by atoms with E-state index in [0.717, 1.165) is 117 Å². The molecular formula is C35H37N2O3+. The van der Waals surface area contributed by atoms with Crippen LogP contribution in [0.1, 0.15) is 94.8 Å². The van der Waals surface area contributed by atoms with Gasteiger partial charge in [-0.1, -0.05) is 26.0 Å². The van der Waals surface area contributed by atoms with Gasteiger partial charge >= 0.3 is 5.97 Å². The van der Waals surface area contributed by atoms with Crippen molar-refractivity contribution in [3.05, 3.63) is 85.4 Å². The van der Waals surface area contributed by atoms with E-state index in [0.29, 0.717) is 5.56 Å². The fraction of sp³-hybridized carbons (Fsp3) is 0.429. The van der Waals surface area contributed by atoms with Gasteiger partial charge in [0.15, 0.2) is 0 Å². The van der Waals surface area contributed by atoms with E-state index in [-0.39, 0.29) is 5.92 Å². The van der Waals surface area contributed by atoms with E-state index in [1.165, 1.54) is 33.3 Å². The number of fused-ring (bicyclic) bond motifs is 4. The number of carboxylic acid groups (broad SMARTS) is 1. The topological polar surface area (TPSA) is 52.8 Å². The average molecular weight is 534 g/mol. The first-order valence-corrected chi connectivity index (χ1v) is 15.3. The standard InChI is InChI=1S/C35H36N2O3/c1-20(2)21-11-12-24(27(17-21)35(38)39)30-28-18-22-7-3-13-36-15-5-9-25(31(22)36)33(28)40-34-26-10-6-16-37-14-4-8-23(32(26)37)19-29(30)34/h11-12,17-20H,3-10,13-16H2,1-2H3/p+1. The zero-order valence-electron chi connectivity index (χ0n) is 23.6. The molecule has 0 aliphatic carbocycles. The van der Waals surface area contributed by atoms with Crippen molar-refractivity contribution in [3.63, 3.8) is 0 Å². The van der Waals surface area contributed by atoms with Gasteiger partial charge in [0.2, 0.25) is 5.36 Å². The number of carboxylic acids is 1. The summed E-state index contributed by atoms with van der Waals surface area (Å²) in [7, 11) is 0. The molecule has 0 spiro atoms. The molecule has 5 nitrogen and oxygen atoms in total. The first kappa shape index (κ1) is 24.2. The summed E-state index contributed by atoms with van der Waals surface area (Å²) in [6.45, 7) is 8.69. The second-order valence-electron chi connectivity index (χ2n) is 12.6.